The Kier molecular flexibility index (Phi) is 20.0. The second-order valence-corrected chi connectivity index (χ2v) is 16.4. The van der Waals surface area contributed by atoms with Crippen molar-refractivity contribution in [1.29, 1.82) is 0 Å². The van der Waals surface area contributed by atoms with Gasteiger partial charge in [0.25, 0.3) is 0 Å². The van der Waals surface area contributed by atoms with Gasteiger partial charge in [-0.2, -0.15) is 0 Å². The summed E-state index contributed by atoms with van der Waals surface area (Å²) in [5.74, 6) is -0.193. The zero-order valence-electron chi connectivity index (χ0n) is 29.2. The average molecular weight is 673 g/mol. The molecule has 0 saturated carbocycles. The summed E-state index contributed by atoms with van der Waals surface area (Å²) in [4.78, 5) is 47.6. The van der Waals surface area contributed by atoms with Gasteiger partial charge in [-0.1, -0.05) is 107 Å². The third-order valence-corrected chi connectivity index (χ3v) is 7.28. The predicted octanol–water partition coefficient (Wildman–Crippen LogP) is -7.10. The first-order valence-corrected chi connectivity index (χ1v) is 15.8. The summed E-state index contributed by atoms with van der Waals surface area (Å²) in [6, 6.07) is 7.19. The molecule has 0 saturated heterocycles. The zero-order chi connectivity index (χ0) is 30.6. The first-order chi connectivity index (χ1) is 17.1. The van der Waals surface area contributed by atoms with E-state index in [-0.39, 0.29) is 147 Å². The molecule has 0 N–H and O–H groups in total. The van der Waals surface area contributed by atoms with Gasteiger partial charge in [0.2, 0.25) is 0 Å². The summed E-state index contributed by atoms with van der Waals surface area (Å²) in [5.41, 5.74) is 1.57. The second-order valence-electron chi connectivity index (χ2n) is 14.3. The summed E-state index contributed by atoms with van der Waals surface area (Å²) in [6.07, 6.45) is -0.0509. The van der Waals surface area contributed by atoms with Crippen molar-refractivity contribution in [1.82, 2.24) is 0 Å². The van der Waals surface area contributed by atoms with Crippen LogP contribution in [0.1, 0.15) is 116 Å². The minimum atomic E-state index is -5.46. The molecule has 0 aliphatic rings. The van der Waals surface area contributed by atoms with Crippen LogP contribution in [-0.4, -0.2) is 0 Å². The Morgan fingerprint density at radius 3 is 0.953 bits per heavy atom. The summed E-state index contributed by atoms with van der Waals surface area (Å²) in [6.45, 7) is 23.3. The molecule has 0 bridgehead atoms. The van der Waals surface area contributed by atoms with Gasteiger partial charge in [0.15, 0.2) is 0 Å². The molecule has 220 valence electrons. The third kappa shape index (κ3) is 15.2. The molecular weight excluding hydrogens is 630 g/mol. The standard InChI is InChI=1S/C29H46O8P2.4Na/c1-26(2,3)20-14-18(24(36-38(30,31)32)22(16-20)28(7,8)9)13-19-15-21(27(4,5)6)17-23(29(10,11)12)25(19)37-39(33,34)35;;;;/h14-17H,13H2,1-12H3,(H2,30,31,32)(H2,33,34,35);;;;/q;4*+1/p-4. The number of benzene rings is 2. The van der Waals surface area contributed by atoms with Crippen molar-refractivity contribution in [3.63, 3.8) is 0 Å². The topological polar surface area (TPSA) is 145 Å². The van der Waals surface area contributed by atoms with E-state index in [0.717, 1.165) is 11.1 Å². The maximum atomic E-state index is 11.9. The fourth-order valence-electron chi connectivity index (χ4n) is 4.27. The van der Waals surface area contributed by atoms with Crippen LogP contribution in [0.15, 0.2) is 24.3 Å². The molecule has 0 atom stereocenters. The Morgan fingerprint density at radius 1 is 0.512 bits per heavy atom. The van der Waals surface area contributed by atoms with Gasteiger partial charge in [-0.15, -0.1) is 0 Å². The summed E-state index contributed by atoms with van der Waals surface area (Å²) in [7, 11) is -10.9. The Balaban J connectivity index is -0.00000400. The summed E-state index contributed by atoms with van der Waals surface area (Å²) < 4.78 is 34.0. The van der Waals surface area contributed by atoms with Crippen molar-refractivity contribution < 1.29 is 156 Å². The van der Waals surface area contributed by atoms with E-state index in [4.69, 9.17) is 9.05 Å². The molecule has 0 radical (unpaired) electrons. The molecular formula is C29H42Na4O8P2. The molecule has 0 amide bonds. The monoisotopic (exact) mass is 672 g/mol. The molecule has 0 unspecified atom stereocenters. The van der Waals surface area contributed by atoms with E-state index in [1.54, 1.807) is 12.1 Å². The molecule has 8 nitrogen and oxygen atoms in total. The van der Waals surface area contributed by atoms with E-state index in [1.165, 1.54) is 0 Å². The maximum Gasteiger partial charge on any atom is 1.00 e. The van der Waals surface area contributed by atoms with E-state index in [2.05, 4.69) is 0 Å². The van der Waals surface area contributed by atoms with Crippen molar-refractivity contribution in [2.24, 2.45) is 0 Å². The van der Waals surface area contributed by atoms with Gasteiger partial charge in [0.1, 0.15) is 27.1 Å². The van der Waals surface area contributed by atoms with Crippen molar-refractivity contribution in [2.45, 2.75) is 111 Å². The van der Waals surface area contributed by atoms with E-state index in [0.29, 0.717) is 22.3 Å². The van der Waals surface area contributed by atoms with E-state index < -0.39 is 26.5 Å². The molecule has 0 spiro atoms. The molecule has 0 aromatic heterocycles. The third-order valence-electron chi connectivity index (χ3n) is 6.47. The first-order valence-electron chi connectivity index (χ1n) is 12.9. The molecule has 0 aliphatic heterocycles. The molecule has 14 heteroatoms. The summed E-state index contributed by atoms with van der Waals surface area (Å²) in [5, 5.41) is 0. The van der Waals surface area contributed by atoms with Crippen LogP contribution >= 0.6 is 15.6 Å². The SMILES string of the molecule is CC(C)(C)c1cc(Cc2cc(C(C)(C)C)cc(C(C)(C)C)c2OP(=O)([O-])[O-])c(OP(=O)([O-])[O-])c(C(C)(C)C)c1.[Na+].[Na+].[Na+].[Na+]. The van der Waals surface area contributed by atoms with Gasteiger partial charge < -0.3 is 37.8 Å². The number of hydrogen-bond acceptors (Lipinski definition) is 8. The number of rotatable bonds is 6. The quantitative estimate of drug-likeness (QED) is 0.218. The van der Waals surface area contributed by atoms with Crippen molar-refractivity contribution >= 4 is 15.6 Å². The fourth-order valence-corrected chi connectivity index (χ4v) is 5.14. The maximum absolute atomic E-state index is 11.9. The van der Waals surface area contributed by atoms with Crippen molar-refractivity contribution in [3.05, 3.63) is 57.6 Å². The average Bonchev–Trinajstić information content (AvgIpc) is 2.64. The molecule has 2 aromatic carbocycles. The molecule has 2 aromatic rings. The van der Waals surface area contributed by atoms with Gasteiger partial charge in [-0.05, 0) is 43.9 Å². The fraction of sp³-hybridized carbons (Fsp3) is 0.586. The van der Waals surface area contributed by atoms with Crippen LogP contribution in [0.4, 0.5) is 0 Å². The first kappa shape index (κ1) is 49.7. The van der Waals surface area contributed by atoms with Crippen LogP contribution in [0.25, 0.3) is 0 Å². The Morgan fingerprint density at radius 2 is 0.767 bits per heavy atom. The van der Waals surface area contributed by atoms with Gasteiger partial charge in [-0.3, -0.25) is 0 Å². The Labute approximate surface area is 347 Å². The zero-order valence-corrected chi connectivity index (χ0v) is 39.0. The minimum Gasteiger partial charge on any atom is -0.780 e. The largest absolute Gasteiger partial charge is 1.00 e. The van der Waals surface area contributed by atoms with Gasteiger partial charge in [0.05, 0.1) is 0 Å². The second kappa shape index (κ2) is 17.3. The van der Waals surface area contributed by atoms with Crippen LogP contribution in [-0.2, 0) is 37.2 Å². The van der Waals surface area contributed by atoms with Gasteiger partial charge >= 0.3 is 118 Å². The number of phosphoric ester groups is 2. The molecule has 0 heterocycles. The molecule has 0 aliphatic carbocycles. The van der Waals surface area contributed by atoms with Gasteiger partial charge in [-0.25, -0.2) is 0 Å². The predicted molar refractivity (Wildman–Crippen MR) is 147 cm³/mol. The molecule has 43 heavy (non-hydrogen) atoms. The van der Waals surface area contributed by atoms with E-state index in [9.17, 15) is 28.7 Å². The van der Waals surface area contributed by atoms with Crippen LogP contribution in [0.5, 0.6) is 11.5 Å². The molecule has 0 fully saturated rings. The van der Waals surface area contributed by atoms with E-state index >= 15 is 0 Å². The van der Waals surface area contributed by atoms with Crippen LogP contribution in [0, 0.1) is 0 Å². The van der Waals surface area contributed by atoms with Crippen LogP contribution in [0.3, 0.4) is 0 Å². The summed E-state index contributed by atoms with van der Waals surface area (Å²) >= 11 is 0. The number of hydrogen-bond donors (Lipinski definition) is 0. The Bertz CT molecular complexity index is 1220. The van der Waals surface area contributed by atoms with Crippen molar-refractivity contribution in [3.8, 4) is 11.5 Å². The van der Waals surface area contributed by atoms with Crippen LogP contribution < -0.4 is 147 Å². The minimum absolute atomic E-state index is 0. The Hall–Kier alpha value is 2.34. The molecule has 2 rings (SSSR count). The number of phosphoric acid groups is 2. The van der Waals surface area contributed by atoms with E-state index in [1.807, 2.05) is 95.2 Å². The van der Waals surface area contributed by atoms with Crippen molar-refractivity contribution in [2.75, 3.05) is 0 Å². The van der Waals surface area contributed by atoms with Crippen LogP contribution in [0.2, 0.25) is 0 Å². The van der Waals surface area contributed by atoms with Gasteiger partial charge in [0, 0.05) is 17.5 Å². The normalized spacial score (nSPS) is 12.7. The smallest absolute Gasteiger partial charge is 0.780 e.